The lowest BCUT2D eigenvalue weighted by molar-refractivity contribution is 0.308. The summed E-state index contributed by atoms with van der Waals surface area (Å²) in [5.74, 6) is 0.330. The van der Waals surface area contributed by atoms with Gasteiger partial charge < -0.3 is 9.15 Å². The first kappa shape index (κ1) is 15.7. The van der Waals surface area contributed by atoms with E-state index in [1.54, 1.807) is 6.07 Å². The molecule has 0 saturated carbocycles. The standard InChI is InChI=1S/C18H14BrFO3/c1-10-5-15(18-11(2)7-17(21)23-16(18)6-10)22-9-12-3-4-13(20)8-14(12)19/h3-8H,9H2,1-2H3. The number of hydrogen-bond donors (Lipinski definition) is 0. The third-order valence-corrected chi connectivity index (χ3v) is 4.29. The summed E-state index contributed by atoms with van der Waals surface area (Å²) in [5.41, 5.74) is 2.68. The molecule has 118 valence electrons. The van der Waals surface area contributed by atoms with Crippen LogP contribution in [0.4, 0.5) is 4.39 Å². The molecule has 0 fully saturated rings. The molecule has 0 amide bonds. The lowest BCUT2D eigenvalue weighted by atomic mass is 10.1. The SMILES string of the molecule is Cc1cc(OCc2ccc(F)cc2Br)c2c(C)cc(=O)oc2c1. The second kappa shape index (κ2) is 6.16. The smallest absolute Gasteiger partial charge is 0.336 e. The average Bonchev–Trinajstić information content (AvgIpc) is 2.44. The Morgan fingerprint density at radius 3 is 2.70 bits per heavy atom. The molecule has 3 aromatic rings. The van der Waals surface area contributed by atoms with Crippen molar-refractivity contribution in [2.45, 2.75) is 20.5 Å². The van der Waals surface area contributed by atoms with Crippen LogP contribution in [0.15, 0.2) is 50.1 Å². The van der Waals surface area contributed by atoms with Gasteiger partial charge >= 0.3 is 5.63 Å². The van der Waals surface area contributed by atoms with Crippen LogP contribution in [-0.2, 0) is 6.61 Å². The molecule has 1 heterocycles. The third-order valence-electron chi connectivity index (χ3n) is 3.55. The van der Waals surface area contributed by atoms with Gasteiger partial charge in [-0.2, -0.15) is 0 Å². The van der Waals surface area contributed by atoms with Crippen molar-refractivity contribution >= 4 is 26.9 Å². The van der Waals surface area contributed by atoms with Crippen molar-refractivity contribution in [2.24, 2.45) is 0 Å². The molecule has 3 nitrogen and oxygen atoms in total. The highest BCUT2D eigenvalue weighted by atomic mass is 79.9. The highest BCUT2D eigenvalue weighted by molar-refractivity contribution is 9.10. The van der Waals surface area contributed by atoms with Gasteiger partial charge in [0.1, 0.15) is 23.8 Å². The van der Waals surface area contributed by atoms with Gasteiger partial charge in [0.2, 0.25) is 0 Å². The Morgan fingerprint density at radius 1 is 1.17 bits per heavy atom. The number of ether oxygens (including phenoxy) is 1. The zero-order chi connectivity index (χ0) is 16.6. The Kier molecular flexibility index (Phi) is 4.22. The predicted octanol–water partition coefficient (Wildman–Crippen LogP) is 4.89. The Bertz CT molecular complexity index is 947. The number of aryl methyl sites for hydroxylation is 2. The van der Waals surface area contributed by atoms with E-state index in [1.165, 1.54) is 18.2 Å². The number of halogens is 2. The molecule has 2 aromatic carbocycles. The minimum absolute atomic E-state index is 0.276. The zero-order valence-electron chi connectivity index (χ0n) is 12.7. The van der Waals surface area contributed by atoms with Crippen molar-refractivity contribution in [3.63, 3.8) is 0 Å². The van der Waals surface area contributed by atoms with E-state index in [0.717, 1.165) is 22.1 Å². The van der Waals surface area contributed by atoms with E-state index in [-0.39, 0.29) is 18.0 Å². The van der Waals surface area contributed by atoms with E-state index >= 15 is 0 Å². The molecular weight excluding hydrogens is 363 g/mol. The molecule has 0 N–H and O–H groups in total. The van der Waals surface area contributed by atoms with Gasteiger partial charge in [-0.1, -0.05) is 22.0 Å². The van der Waals surface area contributed by atoms with Crippen LogP contribution in [0.5, 0.6) is 5.75 Å². The van der Waals surface area contributed by atoms with Crippen molar-refractivity contribution < 1.29 is 13.5 Å². The lowest BCUT2D eigenvalue weighted by Crippen LogP contribution is -2.02. The van der Waals surface area contributed by atoms with Gasteiger partial charge in [-0.3, -0.25) is 0 Å². The van der Waals surface area contributed by atoms with Gasteiger partial charge in [0.25, 0.3) is 0 Å². The normalized spacial score (nSPS) is 11.0. The monoisotopic (exact) mass is 376 g/mol. The van der Waals surface area contributed by atoms with Crippen LogP contribution >= 0.6 is 15.9 Å². The van der Waals surface area contributed by atoms with Gasteiger partial charge in [0.15, 0.2) is 0 Å². The molecule has 0 saturated heterocycles. The fraction of sp³-hybridized carbons (Fsp3) is 0.167. The van der Waals surface area contributed by atoms with E-state index in [1.807, 2.05) is 26.0 Å². The topological polar surface area (TPSA) is 39.4 Å². The van der Waals surface area contributed by atoms with Crippen molar-refractivity contribution in [1.29, 1.82) is 0 Å². The molecule has 0 atom stereocenters. The van der Waals surface area contributed by atoms with E-state index < -0.39 is 0 Å². The number of benzene rings is 2. The molecule has 0 spiro atoms. The first-order chi connectivity index (χ1) is 10.9. The summed E-state index contributed by atoms with van der Waals surface area (Å²) < 4.78 is 25.0. The van der Waals surface area contributed by atoms with Crippen LogP contribution in [-0.4, -0.2) is 0 Å². The number of fused-ring (bicyclic) bond motifs is 1. The van der Waals surface area contributed by atoms with E-state index in [2.05, 4.69) is 15.9 Å². The summed E-state index contributed by atoms with van der Waals surface area (Å²) in [6, 6.07) is 9.61. The highest BCUT2D eigenvalue weighted by Gasteiger charge is 2.11. The predicted molar refractivity (Wildman–Crippen MR) is 90.4 cm³/mol. The lowest BCUT2D eigenvalue weighted by Gasteiger charge is -2.12. The first-order valence-corrected chi connectivity index (χ1v) is 7.85. The van der Waals surface area contributed by atoms with E-state index in [9.17, 15) is 9.18 Å². The summed E-state index contributed by atoms with van der Waals surface area (Å²) in [6.07, 6.45) is 0. The molecule has 0 aliphatic heterocycles. The van der Waals surface area contributed by atoms with Crippen molar-refractivity contribution in [1.82, 2.24) is 0 Å². The molecule has 0 unspecified atom stereocenters. The third kappa shape index (κ3) is 3.29. The molecular formula is C18H14BrFO3. The maximum absolute atomic E-state index is 13.1. The largest absolute Gasteiger partial charge is 0.488 e. The van der Waals surface area contributed by atoms with Gasteiger partial charge in [-0.05, 0) is 49.2 Å². The van der Waals surface area contributed by atoms with Gasteiger partial charge in [-0.15, -0.1) is 0 Å². The Balaban J connectivity index is 2.01. The molecule has 23 heavy (non-hydrogen) atoms. The molecule has 1 aromatic heterocycles. The minimum Gasteiger partial charge on any atom is -0.488 e. The molecule has 3 rings (SSSR count). The summed E-state index contributed by atoms with van der Waals surface area (Å²) in [6.45, 7) is 4.02. The van der Waals surface area contributed by atoms with Crippen LogP contribution in [0.25, 0.3) is 11.0 Å². The highest BCUT2D eigenvalue weighted by Crippen LogP contribution is 2.30. The summed E-state index contributed by atoms with van der Waals surface area (Å²) in [7, 11) is 0. The Morgan fingerprint density at radius 2 is 1.96 bits per heavy atom. The molecule has 0 aliphatic carbocycles. The summed E-state index contributed by atoms with van der Waals surface area (Å²) in [5, 5.41) is 0.772. The maximum Gasteiger partial charge on any atom is 0.336 e. The van der Waals surface area contributed by atoms with Crippen LogP contribution < -0.4 is 10.4 Å². The fourth-order valence-electron chi connectivity index (χ4n) is 2.49. The fourth-order valence-corrected chi connectivity index (χ4v) is 2.95. The molecule has 0 radical (unpaired) electrons. The Hall–Kier alpha value is -2.14. The van der Waals surface area contributed by atoms with Crippen molar-refractivity contribution in [2.75, 3.05) is 0 Å². The quantitative estimate of drug-likeness (QED) is 0.610. The van der Waals surface area contributed by atoms with Crippen molar-refractivity contribution in [3.05, 3.63) is 73.8 Å². The molecule has 5 heteroatoms. The average molecular weight is 377 g/mol. The van der Waals surface area contributed by atoms with Crippen LogP contribution in [0, 0.1) is 19.7 Å². The van der Waals surface area contributed by atoms with Crippen molar-refractivity contribution in [3.8, 4) is 5.75 Å². The van der Waals surface area contributed by atoms with Gasteiger partial charge in [0, 0.05) is 16.1 Å². The van der Waals surface area contributed by atoms with Gasteiger partial charge in [-0.25, -0.2) is 9.18 Å². The number of rotatable bonds is 3. The van der Waals surface area contributed by atoms with Crippen LogP contribution in [0.1, 0.15) is 16.7 Å². The second-order valence-electron chi connectivity index (χ2n) is 5.41. The first-order valence-electron chi connectivity index (χ1n) is 7.06. The maximum atomic E-state index is 13.1. The molecule has 0 bridgehead atoms. The minimum atomic E-state index is -0.382. The van der Waals surface area contributed by atoms with Crippen LogP contribution in [0.3, 0.4) is 0 Å². The molecule has 0 aliphatic rings. The van der Waals surface area contributed by atoms with E-state index in [0.29, 0.717) is 15.8 Å². The Labute approximate surface area is 140 Å². The summed E-state index contributed by atoms with van der Waals surface area (Å²) >= 11 is 3.33. The van der Waals surface area contributed by atoms with E-state index in [4.69, 9.17) is 9.15 Å². The zero-order valence-corrected chi connectivity index (χ0v) is 14.2. The second-order valence-corrected chi connectivity index (χ2v) is 6.26. The van der Waals surface area contributed by atoms with Crippen LogP contribution in [0.2, 0.25) is 0 Å². The summed E-state index contributed by atoms with van der Waals surface area (Å²) in [4.78, 5) is 11.5. The van der Waals surface area contributed by atoms with Gasteiger partial charge in [0.05, 0.1) is 5.39 Å². The number of hydrogen-bond acceptors (Lipinski definition) is 3.